The zero-order chi connectivity index (χ0) is 30.4. The molecule has 6 nitrogen and oxygen atoms in total. The summed E-state index contributed by atoms with van der Waals surface area (Å²) in [5, 5.41) is 1.04. The molecule has 8 heteroatoms. The fourth-order valence-electron chi connectivity index (χ4n) is 4.45. The van der Waals surface area contributed by atoms with Crippen molar-refractivity contribution in [2.75, 3.05) is 33.0 Å². The van der Waals surface area contributed by atoms with E-state index in [9.17, 15) is 4.79 Å². The first-order valence-corrected chi connectivity index (χ1v) is 16.3. The first-order valence-electron chi connectivity index (χ1n) is 14.7. The minimum Gasteiger partial charge on any atom is -0.494 e. The minimum atomic E-state index is 0.440. The molecule has 0 amide bonds. The summed E-state index contributed by atoms with van der Waals surface area (Å²) < 4.78 is 31.6. The predicted molar refractivity (Wildman–Crippen MR) is 179 cm³/mol. The summed E-state index contributed by atoms with van der Waals surface area (Å²) in [5.41, 5.74) is 2.22. The van der Waals surface area contributed by atoms with Crippen LogP contribution in [0, 0.1) is 0 Å². The van der Waals surface area contributed by atoms with Crippen molar-refractivity contribution in [2.24, 2.45) is 0 Å². The van der Waals surface area contributed by atoms with Crippen molar-refractivity contribution < 1.29 is 28.5 Å². The second-order valence-corrected chi connectivity index (χ2v) is 12.0. The first-order chi connectivity index (χ1) is 21.7. The average Bonchev–Trinajstić information content (AvgIpc) is 3.41. The van der Waals surface area contributed by atoms with Crippen LogP contribution in [-0.4, -0.2) is 39.3 Å². The highest BCUT2D eigenvalue weighted by Crippen LogP contribution is 2.47. The molecule has 0 aliphatic heterocycles. The third-order valence-electron chi connectivity index (χ3n) is 6.67. The number of hydrogen-bond acceptors (Lipinski definition) is 7. The van der Waals surface area contributed by atoms with Crippen LogP contribution in [0.3, 0.4) is 0 Å². The summed E-state index contributed by atoms with van der Waals surface area (Å²) in [7, 11) is 0. The van der Waals surface area contributed by atoms with Gasteiger partial charge in [-0.1, -0.05) is 58.4 Å². The Morgan fingerprint density at radius 1 is 0.682 bits per heavy atom. The topological polar surface area (TPSA) is 63.2 Å². The highest BCUT2D eigenvalue weighted by atomic mass is 79.9. The Labute approximate surface area is 270 Å². The maximum absolute atomic E-state index is 10.3. The lowest BCUT2D eigenvalue weighted by molar-refractivity contribution is -0.108. The van der Waals surface area contributed by atoms with Gasteiger partial charge in [-0.3, -0.25) is 0 Å². The van der Waals surface area contributed by atoms with Crippen molar-refractivity contribution in [3.05, 3.63) is 107 Å². The summed E-state index contributed by atoms with van der Waals surface area (Å²) in [6.07, 6.45) is 2.91. The van der Waals surface area contributed by atoms with Crippen LogP contribution in [0.2, 0.25) is 0 Å². The number of benzene rings is 4. The van der Waals surface area contributed by atoms with Crippen molar-refractivity contribution in [3.63, 3.8) is 0 Å². The molecule has 1 heterocycles. The fraction of sp³-hybridized carbons (Fsp3) is 0.250. The molecule has 228 valence electrons. The molecular formula is C36H35BrO6S. The molecule has 0 saturated heterocycles. The van der Waals surface area contributed by atoms with Crippen LogP contribution in [0.5, 0.6) is 23.0 Å². The lowest BCUT2D eigenvalue weighted by atomic mass is 10.1. The van der Waals surface area contributed by atoms with Gasteiger partial charge in [0.25, 0.3) is 0 Å². The van der Waals surface area contributed by atoms with Gasteiger partial charge in [-0.15, -0.1) is 11.3 Å². The quantitative estimate of drug-likeness (QED) is 0.0681. The van der Waals surface area contributed by atoms with Gasteiger partial charge in [0, 0.05) is 47.2 Å². The van der Waals surface area contributed by atoms with E-state index in [2.05, 4.69) is 52.3 Å². The molecule has 0 aliphatic rings. The highest BCUT2D eigenvalue weighted by Gasteiger charge is 2.17. The Hall–Kier alpha value is -3.69. The number of carbonyl (C=O) groups is 1. The Balaban J connectivity index is 1.19. The third-order valence-corrected chi connectivity index (χ3v) is 8.39. The molecule has 0 fully saturated rings. The fourth-order valence-corrected chi connectivity index (χ4v) is 5.88. The number of halogens is 1. The van der Waals surface area contributed by atoms with Crippen LogP contribution < -0.4 is 14.2 Å². The molecule has 0 bridgehead atoms. The largest absolute Gasteiger partial charge is 0.494 e. The van der Waals surface area contributed by atoms with Gasteiger partial charge in [0.2, 0.25) is 0 Å². The van der Waals surface area contributed by atoms with Gasteiger partial charge in [-0.2, -0.15) is 0 Å². The summed E-state index contributed by atoms with van der Waals surface area (Å²) >= 11 is 5.24. The van der Waals surface area contributed by atoms with Gasteiger partial charge in [0.15, 0.2) is 5.75 Å². The van der Waals surface area contributed by atoms with Crippen LogP contribution in [0.1, 0.15) is 24.8 Å². The SMILES string of the molecule is O=CCCOCCCOCCCOc1ccc(Oc2c(-c3ccc(Br)cc3)sc3cc(OCc4ccccc4)ccc23)cc1. The minimum absolute atomic E-state index is 0.440. The van der Waals surface area contributed by atoms with Crippen LogP contribution in [0.25, 0.3) is 20.5 Å². The zero-order valence-electron chi connectivity index (χ0n) is 24.4. The average molecular weight is 676 g/mol. The molecule has 0 aliphatic carbocycles. The third kappa shape index (κ3) is 9.40. The van der Waals surface area contributed by atoms with Crippen LogP contribution in [-0.2, 0) is 20.9 Å². The van der Waals surface area contributed by atoms with E-state index in [0.29, 0.717) is 46.1 Å². The molecular weight excluding hydrogens is 640 g/mol. The molecule has 4 aromatic carbocycles. The van der Waals surface area contributed by atoms with E-state index < -0.39 is 0 Å². The van der Waals surface area contributed by atoms with Gasteiger partial charge in [-0.25, -0.2) is 0 Å². The van der Waals surface area contributed by atoms with Crippen molar-refractivity contribution >= 4 is 43.6 Å². The van der Waals surface area contributed by atoms with Crippen LogP contribution in [0.4, 0.5) is 0 Å². The molecule has 0 unspecified atom stereocenters. The Morgan fingerprint density at radius 3 is 2.11 bits per heavy atom. The standard InChI is InChI=1S/C36H35BrO6S/c37-29-11-9-28(10-12-29)36-35(33-18-17-32(25-34(33)44-36)42-26-27-7-2-1-3-8-27)43-31-15-13-30(14-16-31)41-24-6-23-40-22-5-21-39-20-4-19-38/h1-3,7-19,25H,4-6,20-24,26H2. The molecule has 0 saturated carbocycles. The summed E-state index contributed by atoms with van der Waals surface area (Å²) in [4.78, 5) is 11.3. The molecule has 0 spiro atoms. The molecule has 44 heavy (non-hydrogen) atoms. The van der Waals surface area contributed by atoms with E-state index >= 15 is 0 Å². The van der Waals surface area contributed by atoms with Gasteiger partial charge in [-0.05, 0) is 72.1 Å². The van der Waals surface area contributed by atoms with E-state index in [1.165, 1.54) is 0 Å². The van der Waals surface area contributed by atoms with Crippen LogP contribution >= 0.6 is 27.3 Å². The summed E-state index contributed by atoms with van der Waals surface area (Å²) in [6, 6.07) is 32.3. The van der Waals surface area contributed by atoms with Gasteiger partial charge in [0.1, 0.15) is 30.1 Å². The number of hydrogen-bond donors (Lipinski definition) is 0. The molecule has 5 rings (SSSR count). The van der Waals surface area contributed by atoms with E-state index in [0.717, 1.165) is 72.7 Å². The Morgan fingerprint density at radius 2 is 1.36 bits per heavy atom. The Bertz CT molecular complexity index is 1590. The molecule has 0 N–H and O–H groups in total. The number of fused-ring (bicyclic) bond motifs is 1. The van der Waals surface area contributed by atoms with Crippen molar-refractivity contribution in [1.29, 1.82) is 0 Å². The van der Waals surface area contributed by atoms with Gasteiger partial charge in [0.05, 0.1) is 18.1 Å². The van der Waals surface area contributed by atoms with E-state index in [4.69, 9.17) is 23.7 Å². The molecule has 0 atom stereocenters. The molecule has 0 radical (unpaired) electrons. The van der Waals surface area contributed by atoms with E-state index in [1.54, 1.807) is 11.3 Å². The lowest BCUT2D eigenvalue weighted by Crippen LogP contribution is -2.06. The predicted octanol–water partition coefficient (Wildman–Crippen LogP) is 9.48. The summed E-state index contributed by atoms with van der Waals surface area (Å²) in [6.45, 7) is 3.42. The van der Waals surface area contributed by atoms with Crippen molar-refractivity contribution in [3.8, 4) is 33.4 Å². The monoisotopic (exact) mass is 674 g/mol. The zero-order valence-corrected chi connectivity index (χ0v) is 26.8. The van der Waals surface area contributed by atoms with Crippen LogP contribution in [0.15, 0.2) is 102 Å². The second kappa shape index (κ2) is 17.0. The van der Waals surface area contributed by atoms with Crippen molar-refractivity contribution in [2.45, 2.75) is 25.9 Å². The smallest absolute Gasteiger partial charge is 0.153 e. The van der Waals surface area contributed by atoms with Crippen molar-refractivity contribution in [1.82, 2.24) is 0 Å². The number of thiophene rings is 1. The molecule has 1 aromatic heterocycles. The number of rotatable bonds is 18. The number of ether oxygens (including phenoxy) is 5. The number of aldehydes is 1. The Kier molecular flexibility index (Phi) is 12.2. The maximum atomic E-state index is 10.3. The first kappa shape index (κ1) is 31.7. The van der Waals surface area contributed by atoms with E-state index in [-0.39, 0.29) is 0 Å². The highest BCUT2D eigenvalue weighted by molar-refractivity contribution is 9.10. The number of carbonyl (C=O) groups excluding carboxylic acids is 1. The maximum Gasteiger partial charge on any atom is 0.153 e. The lowest BCUT2D eigenvalue weighted by Gasteiger charge is -2.11. The second-order valence-electron chi connectivity index (χ2n) is 10.0. The van der Waals surface area contributed by atoms with E-state index in [1.807, 2.05) is 60.7 Å². The normalized spacial score (nSPS) is 11.0. The van der Waals surface area contributed by atoms with Gasteiger partial charge >= 0.3 is 0 Å². The summed E-state index contributed by atoms with van der Waals surface area (Å²) in [5.74, 6) is 3.16. The molecule has 5 aromatic rings. The van der Waals surface area contributed by atoms with Gasteiger partial charge < -0.3 is 28.5 Å².